The fourth-order valence-electron chi connectivity index (χ4n) is 2.57. The lowest BCUT2D eigenvalue weighted by Crippen LogP contribution is -2.27. The highest BCUT2D eigenvalue weighted by atomic mass is 32.2. The molecule has 0 aliphatic heterocycles. The molecule has 0 radical (unpaired) electrons. The van der Waals surface area contributed by atoms with Gasteiger partial charge in [-0.3, -0.25) is 9.88 Å². The molecule has 0 saturated carbocycles. The monoisotopic (exact) mass is 347 g/mol. The smallest absolute Gasteiger partial charge is 0.240 e. The van der Waals surface area contributed by atoms with E-state index in [-0.39, 0.29) is 4.90 Å². The highest BCUT2D eigenvalue weighted by molar-refractivity contribution is 7.89. The number of nitrogens with zero attached hydrogens (tertiary/aromatic N) is 2. The number of aromatic nitrogens is 1. The summed E-state index contributed by atoms with van der Waals surface area (Å²) in [5, 5.41) is 0. The van der Waals surface area contributed by atoms with E-state index in [1.54, 1.807) is 18.3 Å². The molecule has 24 heavy (non-hydrogen) atoms. The van der Waals surface area contributed by atoms with Crippen LogP contribution >= 0.6 is 0 Å². The highest BCUT2D eigenvalue weighted by Crippen LogP contribution is 2.14. The molecule has 0 fully saturated rings. The Hall–Kier alpha value is -1.76. The van der Waals surface area contributed by atoms with Crippen LogP contribution in [0.2, 0.25) is 0 Å². The number of hydrogen-bond acceptors (Lipinski definition) is 4. The summed E-state index contributed by atoms with van der Waals surface area (Å²) in [5.41, 5.74) is 2.12. The lowest BCUT2D eigenvalue weighted by Gasteiger charge is -2.24. The third kappa shape index (κ3) is 5.40. The zero-order valence-corrected chi connectivity index (χ0v) is 15.3. The molecule has 1 aromatic heterocycles. The van der Waals surface area contributed by atoms with Crippen LogP contribution in [-0.2, 0) is 23.1 Å². The average Bonchev–Trinajstić information content (AvgIpc) is 2.55. The minimum Gasteiger partial charge on any atom is -0.293 e. The zero-order chi connectivity index (χ0) is 17.6. The molecule has 2 aromatic rings. The summed E-state index contributed by atoms with van der Waals surface area (Å²) in [7, 11) is -1.97. The molecule has 1 N–H and O–H groups in total. The molecule has 0 atom stereocenters. The number of rotatable bonds is 8. The van der Waals surface area contributed by atoms with Gasteiger partial charge in [0.2, 0.25) is 10.0 Å². The number of hydrogen-bond donors (Lipinski definition) is 1. The maximum Gasteiger partial charge on any atom is 0.240 e. The van der Waals surface area contributed by atoms with Gasteiger partial charge in [-0.2, -0.15) is 0 Å². The summed E-state index contributed by atoms with van der Waals surface area (Å²) in [6.07, 6.45) is 1.81. The van der Waals surface area contributed by atoms with Crippen molar-refractivity contribution in [3.63, 3.8) is 0 Å². The van der Waals surface area contributed by atoms with Crippen LogP contribution in [0.25, 0.3) is 0 Å². The van der Waals surface area contributed by atoms with E-state index in [0.29, 0.717) is 5.92 Å². The summed E-state index contributed by atoms with van der Waals surface area (Å²) in [4.78, 5) is 7.01. The number of nitrogens with one attached hydrogen (secondary N) is 1. The fraction of sp³-hybridized carbons (Fsp3) is 0.389. The van der Waals surface area contributed by atoms with Crippen LogP contribution in [0.5, 0.6) is 0 Å². The van der Waals surface area contributed by atoms with Crippen LogP contribution < -0.4 is 4.72 Å². The first-order chi connectivity index (χ1) is 11.4. The van der Waals surface area contributed by atoms with Gasteiger partial charge in [-0.25, -0.2) is 13.1 Å². The Kier molecular flexibility index (Phi) is 6.48. The predicted molar refractivity (Wildman–Crippen MR) is 95.9 cm³/mol. The summed E-state index contributed by atoms with van der Waals surface area (Å²) < 4.78 is 25.9. The minimum atomic E-state index is -3.38. The van der Waals surface area contributed by atoms with Crippen molar-refractivity contribution in [3.8, 4) is 0 Å². The Morgan fingerprint density at radius 3 is 2.33 bits per heavy atom. The van der Waals surface area contributed by atoms with Crippen molar-refractivity contribution in [1.82, 2.24) is 14.6 Å². The van der Waals surface area contributed by atoms with E-state index < -0.39 is 10.0 Å². The summed E-state index contributed by atoms with van der Waals surface area (Å²) in [6.45, 7) is 6.86. The lowest BCUT2D eigenvalue weighted by atomic mass is 10.1. The van der Waals surface area contributed by atoms with E-state index in [4.69, 9.17) is 0 Å². The first kappa shape index (κ1) is 18.6. The number of benzene rings is 1. The van der Waals surface area contributed by atoms with Gasteiger partial charge in [-0.15, -0.1) is 0 Å². The summed E-state index contributed by atoms with van der Waals surface area (Å²) in [5.74, 6) is 0.539. The molecule has 1 aromatic carbocycles. The van der Waals surface area contributed by atoms with Crippen LogP contribution in [0.15, 0.2) is 53.6 Å². The van der Waals surface area contributed by atoms with E-state index in [2.05, 4.69) is 28.5 Å². The van der Waals surface area contributed by atoms with Crippen LogP contribution in [0, 0.1) is 5.92 Å². The Labute approximate surface area is 144 Å². The second-order valence-electron chi connectivity index (χ2n) is 6.24. The van der Waals surface area contributed by atoms with Crippen LogP contribution in [-0.4, -0.2) is 31.9 Å². The molecule has 130 valence electrons. The summed E-state index contributed by atoms with van der Waals surface area (Å²) >= 11 is 0. The van der Waals surface area contributed by atoms with E-state index >= 15 is 0 Å². The summed E-state index contributed by atoms with van der Waals surface area (Å²) in [6, 6.07) is 13.0. The van der Waals surface area contributed by atoms with Crippen LogP contribution in [0.3, 0.4) is 0 Å². The van der Waals surface area contributed by atoms with Crippen molar-refractivity contribution in [2.75, 3.05) is 13.6 Å². The van der Waals surface area contributed by atoms with Crippen LogP contribution in [0.4, 0.5) is 0 Å². The van der Waals surface area contributed by atoms with Crippen molar-refractivity contribution >= 4 is 10.0 Å². The maximum atomic E-state index is 11.8. The Bertz CT molecular complexity index is 729. The van der Waals surface area contributed by atoms with Gasteiger partial charge in [-0.1, -0.05) is 32.0 Å². The quantitative estimate of drug-likeness (QED) is 0.797. The molecular formula is C18H25N3O2S. The number of sulfonamides is 1. The highest BCUT2D eigenvalue weighted by Gasteiger charge is 2.13. The van der Waals surface area contributed by atoms with Gasteiger partial charge >= 0.3 is 0 Å². The second-order valence-corrected chi connectivity index (χ2v) is 8.12. The van der Waals surface area contributed by atoms with Gasteiger partial charge in [0.1, 0.15) is 0 Å². The van der Waals surface area contributed by atoms with Gasteiger partial charge in [0, 0.05) is 25.8 Å². The largest absolute Gasteiger partial charge is 0.293 e. The van der Waals surface area contributed by atoms with Crippen LogP contribution in [0.1, 0.15) is 25.1 Å². The molecular weight excluding hydrogens is 322 g/mol. The first-order valence-electron chi connectivity index (χ1n) is 8.05. The SMILES string of the molecule is CNS(=O)(=O)c1ccc(CN(Cc2ccccn2)CC(C)C)cc1. The van der Waals surface area contributed by atoms with Gasteiger partial charge < -0.3 is 0 Å². The van der Waals surface area contributed by atoms with E-state index in [1.165, 1.54) is 7.05 Å². The predicted octanol–water partition coefficient (Wildman–Crippen LogP) is 2.65. The fourth-order valence-corrected chi connectivity index (χ4v) is 3.30. The third-order valence-electron chi connectivity index (χ3n) is 3.64. The normalized spacial score (nSPS) is 12.0. The zero-order valence-electron chi connectivity index (χ0n) is 14.4. The second kappa shape index (κ2) is 8.37. The van der Waals surface area contributed by atoms with Gasteiger partial charge in [0.25, 0.3) is 0 Å². The molecule has 6 heteroatoms. The Morgan fingerprint density at radius 2 is 1.79 bits per heavy atom. The van der Waals surface area contributed by atoms with Crippen molar-refractivity contribution in [2.45, 2.75) is 31.8 Å². The van der Waals surface area contributed by atoms with Gasteiger partial charge in [0.05, 0.1) is 10.6 Å². The number of pyridine rings is 1. The molecule has 5 nitrogen and oxygen atoms in total. The molecule has 0 saturated heterocycles. The van der Waals surface area contributed by atoms with Gasteiger partial charge in [0.15, 0.2) is 0 Å². The maximum absolute atomic E-state index is 11.8. The third-order valence-corrected chi connectivity index (χ3v) is 5.07. The van der Waals surface area contributed by atoms with E-state index in [9.17, 15) is 8.42 Å². The molecule has 0 bridgehead atoms. The van der Waals surface area contributed by atoms with Crippen molar-refractivity contribution in [2.24, 2.45) is 5.92 Å². The van der Waals surface area contributed by atoms with Crippen molar-refractivity contribution < 1.29 is 8.42 Å². The topological polar surface area (TPSA) is 62.3 Å². The van der Waals surface area contributed by atoms with Crippen molar-refractivity contribution in [3.05, 3.63) is 59.9 Å². The minimum absolute atomic E-state index is 0.286. The standard InChI is InChI=1S/C18H25N3O2S/c1-15(2)12-21(14-17-6-4-5-11-20-17)13-16-7-9-18(10-8-16)24(22,23)19-3/h4-11,15,19H,12-14H2,1-3H3. The lowest BCUT2D eigenvalue weighted by molar-refractivity contribution is 0.225. The molecule has 0 aliphatic rings. The molecule has 0 spiro atoms. The Morgan fingerprint density at radius 1 is 1.08 bits per heavy atom. The molecule has 0 unspecified atom stereocenters. The Balaban J connectivity index is 2.11. The molecule has 1 heterocycles. The van der Waals surface area contributed by atoms with Gasteiger partial charge in [-0.05, 0) is 42.8 Å². The first-order valence-corrected chi connectivity index (χ1v) is 9.54. The molecule has 2 rings (SSSR count). The average molecular weight is 347 g/mol. The molecule has 0 aliphatic carbocycles. The van der Waals surface area contributed by atoms with E-state index in [0.717, 1.165) is 30.9 Å². The van der Waals surface area contributed by atoms with E-state index in [1.807, 2.05) is 30.3 Å². The molecule has 0 amide bonds. The van der Waals surface area contributed by atoms with Crippen molar-refractivity contribution in [1.29, 1.82) is 0 Å².